The van der Waals surface area contributed by atoms with Gasteiger partial charge in [-0.25, -0.2) is 4.79 Å². The third-order valence-corrected chi connectivity index (χ3v) is 6.53. The number of carboxylic acid groups (broad SMARTS) is 1. The summed E-state index contributed by atoms with van der Waals surface area (Å²) in [5.74, 6) is 0.939. The summed E-state index contributed by atoms with van der Waals surface area (Å²) in [6, 6.07) is 20.4. The molecule has 0 saturated carbocycles. The van der Waals surface area contributed by atoms with Crippen LogP contribution in [0, 0.1) is 0 Å². The molecule has 5 heteroatoms. The van der Waals surface area contributed by atoms with Crippen LogP contribution in [0.4, 0.5) is 0 Å². The number of aromatic carboxylic acids is 1. The molecule has 29 heavy (non-hydrogen) atoms. The normalized spacial score (nSPS) is 13.1. The van der Waals surface area contributed by atoms with Crippen LogP contribution in [0.2, 0.25) is 0 Å². The number of aryl methyl sites for hydroxylation is 2. The standard InChI is InChI=1S/C24H21NO3S/c26-24(27)23-19(18-9-4-12-21-22(18)25(23)13-15-29-21)10-5-14-28-20-11-3-7-16-6-1-2-8-17(16)20/h1-4,6-9,11-12H,5,10,13-15H2,(H,26,27). The first-order chi connectivity index (χ1) is 14.2. The van der Waals surface area contributed by atoms with Gasteiger partial charge >= 0.3 is 5.97 Å². The number of nitrogens with zero attached hydrogens (tertiary/aromatic N) is 1. The number of carboxylic acids is 1. The number of para-hydroxylation sites is 1. The van der Waals surface area contributed by atoms with Crippen molar-refractivity contribution in [1.29, 1.82) is 0 Å². The molecule has 0 amide bonds. The van der Waals surface area contributed by atoms with Gasteiger partial charge in [0, 0.05) is 28.0 Å². The van der Waals surface area contributed by atoms with Crippen molar-refractivity contribution in [2.45, 2.75) is 24.3 Å². The highest BCUT2D eigenvalue weighted by Gasteiger charge is 2.25. The Morgan fingerprint density at radius 3 is 2.72 bits per heavy atom. The molecule has 0 atom stereocenters. The average molecular weight is 404 g/mol. The first-order valence-corrected chi connectivity index (χ1v) is 10.8. The van der Waals surface area contributed by atoms with Crippen molar-refractivity contribution in [1.82, 2.24) is 4.57 Å². The maximum atomic E-state index is 12.0. The van der Waals surface area contributed by atoms with Crippen molar-refractivity contribution in [3.63, 3.8) is 0 Å². The quantitative estimate of drug-likeness (QED) is 0.425. The van der Waals surface area contributed by atoms with E-state index >= 15 is 0 Å². The van der Waals surface area contributed by atoms with E-state index in [4.69, 9.17) is 4.74 Å². The highest BCUT2D eigenvalue weighted by molar-refractivity contribution is 7.99. The first-order valence-electron chi connectivity index (χ1n) is 9.85. The zero-order valence-corrected chi connectivity index (χ0v) is 16.7. The number of rotatable bonds is 6. The van der Waals surface area contributed by atoms with Crippen LogP contribution in [0.1, 0.15) is 22.5 Å². The highest BCUT2D eigenvalue weighted by Crippen LogP contribution is 2.38. The van der Waals surface area contributed by atoms with Gasteiger partial charge in [-0.3, -0.25) is 0 Å². The Bertz CT molecular complexity index is 1220. The van der Waals surface area contributed by atoms with Gasteiger partial charge in [-0.15, -0.1) is 11.8 Å². The van der Waals surface area contributed by atoms with Crippen LogP contribution in [0.3, 0.4) is 0 Å². The summed E-state index contributed by atoms with van der Waals surface area (Å²) in [6.45, 7) is 1.29. The molecule has 0 spiro atoms. The van der Waals surface area contributed by atoms with Gasteiger partial charge in [-0.1, -0.05) is 48.5 Å². The fraction of sp³-hybridized carbons (Fsp3) is 0.208. The van der Waals surface area contributed by atoms with Crippen LogP contribution >= 0.6 is 11.8 Å². The molecule has 4 aromatic rings. The summed E-state index contributed by atoms with van der Waals surface area (Å²) in [4.78, 5) is 13.2. The molecule has 0 unspecified atom stereocenters. The van der Waals surface area contributed by atoms with E-state index in [-0.39, 0.29) is 0 Å². The molecular formula is C24H21NO3S. The molecule has 1 aromatic heterocycles. The molecule has 0 aliphatic carbocycles. The number of aromatic nitrogens is 1. The average Bonchev–Trinajstić information content (AvgIpc) is 3.07. The molecule has 1 N–H and O–H groups in total. The lowest BCUT2D eigenvalue weighted by atomic mass is 10.1. The highest BCUT2D eigenvalue weighted by atomic mass is 32.2. The van der Waals surface area contributed by atoms with Crippen LogP contribution < -0.4 is 4.74 Å². The molecular weight excluding hydrogens is 382 g/mol. The molecule has 1 aliphatic heterocycles. The van der Waals surface area contributed by atoms with Crippen LogP contribution in [-0.2, 0) is 13.0 Å². The van der Waals surface area contributed by atoms with Crippen molar-refractivity contribution in [2.24, 2.45) is 0 Å². The molecule has 146 valence electrons. The second kappa shape index (κ2) is 7.48. The minimum Gasteiger partial charge on any atom is -0.493 e. The number of thioether (sulfide) groups is 1. The van der Waals surface area contributed by atoms with Gasteiger partial charge in [0.25, 0.3) is 0 Å². The minimum atomic E-state index is -0.843. The summed E-state index contributed by atoms with van der Waals surface area (Å²) in [5.41, 5.74) is 2.45. The Kier molecular flexibility index (Phi) is 4.68. The van der Waals surface area contributed by atoms with E-state index in [2.05, 4.69) is 30.3 Å². The topological polar surface area (TPSA) is 51.5 Å². The fourth-order valence-corrected chi connectivity index (χ4v) is 5.31. The van der Waals surface area contributed by atoms with Gasteiger partial charge in [0.05, 0.1) is 12.1 Å². The molecule has 0 fully saturated rings. The number of ether oxygens (including phenoxy) is 1. The second-order valence-electron chi connectivity index (χ2n) is 7.21. The van der Waals surface area contributed by atoms with Gasteiger partial charge in [-0.2, -0.15) is 0 Å². The van der Waals surface area contributed by atoms with Crippen LogP contribution in [-0.4, -0.2) is 28.0 Å². The van der Waals surface area contributed by atoms with E-state index in [1.807, 2.05) is 34.9 Å². The third kappa shape index (κ3) is 3.15. The Morgan fingerprint density at radius 2 is 1.83 bits per heavy atom. The molecule has 3 aromatic carbocycles. The number of benzene rings is 3. The number of carbonyl (C=O) groups is 1. The van der Waals surface area contributed by atoms with E-state index in [1.165, 1.54) is 4.90 Å². The molecule has 1 aliphatic rings. The SMILES string of the molecule is O=C(O)c1c(CCCOc2cccc3ccccc23)c2cccc3c2n1CCS3. The third-order valence-electron chi connectivity index (χ3n) is 5.50. The van der Waals surface area contributed by atoms with Gasteiger partial charge in [0.2, 0.25) is 0 Å². The Hall–Kier alpha value is -2.92. The van der Waals surface area contributed by atoms with Crippen molar-refractivity contribution < 1.29 is 14.6 Å². The van der Waals surface area contributed by atoms with Crippen LogP contribution in [0.25, 0.3) is 21.7 Å². The van der Waals surface area contributed by atoms with Crippen LogP contribution in [0.5, 0.6) is 5.75 Å². The molecule has 4 nitrogen and oxygen atoms in total. The second-order valence-corrected chi connectivity index (χ2v) is 8.35. The molecule has 0 bridgehead atoms. The van der Waals surface area contributed by atoms with Gasteiger partial charge < -0.3 is 14.4 Å². The molecule has 5 rings (SSSR count). The predicted octanol–water partition coefficient (Wildman–Crippen LogP) is 5.61. The summed E-state index contributed by atoms with van der Waals surface area (Å²) in [7, 11) is 0. The monoisotopic (exact) mass is 403 g/mol. The zero-order chi connectivity index (χ0) is 19.8. The lowest BCUT2D eigenvalue weighted by Gasteiger charge is -2.16. The number of hydrogen-bond acceptors (Lipinski definition) is 3. The van der Waals surface area contributed by atoms with Crippen LogP contribution in [0.15, 0.2) is 65.6 Å². The van der Waals surface area contributed by atoms with E-state index in [0.29, 0.717) is 18.7 Å². The van der Waals surface area contributed by atoms with E-state index in [9.17, 15) is 9.90 Å². The minimum absolute atomic E-state index is 0.443. The van der Waals surface area contributed by atoms with Crippen molar-refractivity contribution >= 4 is 39.4 Å². The summed E-state index contributed by atoms with van der Waals surface area (Å²) >= 11 is 1.80. The van der Waals surface area contributed by atoms with E-state index in [0.717, 1.165) is 51.7 Å². The molecule has 2 heterocycles. The Balaban J connectivity index is 1.39. The predicted molar refractivity (Wildman–Crippen MR) is 117 cm³/mol. The number of hydrogen-bond donors (Lipinski definition) is 1. The lowest BCUT2D eigenvalue weighted by molar-refractivity contribution is 0.0684. The maximum Gasteiger partial charge on any atom is 0.352 e. The fourth-order valence-electron chi connectivity index (χ4n) is 4.28. The maximum absolute atomic E-state index is 12.0. The largest absolute Gasteiger partial charge is 0.493 e. The van der Waals surface area contributed by atoms with Gasteiger partial charge in [-0.05, 0) is 35.9 Å². The van der Waals surface area contributed by atoms with Crippen molar-refractivity contribution in [3.8, 4) is 5.75 Å². The zero-order valence-electron chi connectivity index (χ0n) is 15.9. The summed E-state index contributed by atoms with van der Waals surface area (Å²) in [6.07, 6.45) is 1.45. The Morgan fingerprint density at radius 1 is 1.03 bits per heavy atom. The van der Waals surface area contributed by atoms with E-state index in [1.54, 1.807) is 11.8 Å². The first kappa shape index (κ1) is 18.1. The molecule has 0 radical (unpaired) electrons. The summed E-state index contributed by atoms with van der Waals surface area (Å²) < 4.78 is 8.05. The number of fused-ring (bicyclic) bond motifs is 1. The molecule has 0 saturated heterocycles. The Labute approximate surface area is 173 Å². The lowest BCUT2D eigenvalue weighted by Crippen LogP contribution is -2.14. The summed E-state index contributed by atoms with van der Waals surface area (Å²) in [5, 5.41) is 13.2. The van der Waals surface area contributed by atoms with Gasteiger partial charge in [0.15, 0.2) is 0 Å². The van der Waals surface area contributed by atoms with Gasteiger partial charge in [0.1, 0.15) is 11.4 Å². The van der Waals surface area contributed by atoms with Crippen molar-refractivity contribution in [2.75, 3.05) is 12.4 Å². The smallest absolute Gasteiger partial charge is 0.352 e. The van der Waals surface area contributed by atoms with Crippen molar-refractivity contribution in [3.05, 3.63) is 71.9 Å². The van der Waals surface area contributed by atoms with E-state index < -0.39 is 5.97 Å².